The maximum absolute atomic E-state index is 12.2. The smallest absolute Gasteiger partial charge is 0.268 e. The molecule has 7 heteroatoms. The number of likely N-dealkylation sites (N-methyl/N-ethyl adjacent to an activating group) is 1. The third-order valence-corrected chi connectivity index (χ3v) is 4.10. The Kier molecular flexibility index (Phi) is 6.07. The lowest BCUT2D eigenvalue weighted by Gasteiger charge is -2.17. The van der Waals surface area contributed by atoms with Crippen LogP contribution in [0.3, 0.4) is 0 Å². The van der Waals surface area contributed by atoms with E-state index in [-0.39, 0.29) is 21.8 Å². The Bertz CT molecular complexity index is 666. The summed E-state index contributed by atoms with van der Waals surface area (Å²) in [5, 5.41) is 5.71. The number of halogens is 2. The van der Waals surface area contributed by atoms with Crippen molar-refractivity contribution in [2.24, 2.45) is 0 Å². The molecule has 0 aliphatic rings. The molecule has 1 aromatic heterocycles. The number of benzene rings is 1. The molecule has 122 valence electrons. The largest absolute Gasteiger partial charge is 0.357 e. The minimum absolute atomic E-state index is 0.192. The number of aromatic amines is 1. The van der Waals surface area contributed by atoms with E-state index >= 15 is 0 Å². The van der Waals surface area contributed by atoms with Crippen molar-refractivity contribution in [2.75, 3.05) is 7.05 Å². The molecule has 0 aliphatic carbocycles. The molecule has 2 amide bonds. The van der Waals surface area contributed by atoms with Crippen molar-refractivity contribution in [2.45, 2.75) is 18.9 Å². The summed E-state index contributed by atoms with van der Waals surface area (Å²) in [6.07, 6.45) is 1.16. The summed E-state index contributed by atoms with van der Waals surface area (Å²) in [4.78, 5) is 26.9. The number of aryl methyl sites for hydroxylation is 1. The zero-order valence-electron chi connectivity index (χ0n) is 12.5. The number of nitrogens with one attached hydrogen (secondary N) is 3. The van der Waals surface area contributed by atoms with Crippen molar-refractivity contribution in [3.63, 3.8) is 0 Å². The molecule has 1 atom stereocenters. The fourth-order valence-corrected chi connectivity index (χ4v) is 2.47. The monoisotopic (exact) mass is 353 g/mol. The van der Waals surface area contributed by atoms with Crippen LogP contribution in [0.15, 0.2) is 36.4 Å². The van der Waals surface area contributed by atoms with Crippen LogP contribution in [0.1, 0.15) is 22.5 Å². The minimum atomic E-state index is -0.645. The molecule has 1 heterocycles. The third kappa shape index (κ3) is 4.74. The summed E-state index contributed by atoms with van der Waals surface area (Å²) < 4.78 is 0. The van der Waals surface area contributed by atoms with Gasteiger partial charge in [0.15, 0.2) is 0 Å². The van der Waals surface area contributed by atoms with Gasteiger partial charge in [-0.25, -0.2) is 0 Å². The summed E-state index contributed by atoms with van der Waals surface area (Å²) in [5.74, 6) is -0.682. The molecule has 0 radical (unpaired) electrons. The van der Waals surface area contributed by atoms with Crippen LogP contribution in [0.5, 0.6) is 0 Å². The fourth-order valence-electron chi connectivity index (χ4n) is 2.16. The minimum Gasteiger partial charge on any atom is -0.357 e. The van der Waals surface area contributed by atoms with Gasteiger partial charge in [0.05, 0.1) is 5.02 Å². The van der Waals surface area contributed by atoms with E-state index in [4.69, 9.17) is 23.2 Å². The molecular formula is C16H17Cl2N3O2. The summed E-state index contributed by atoms with van der Waals surface area (Å²) in [6, 6.07) is 10.5. The van der Waals surface area contributed by atoms with Gasteiger partial charge in [-0.3, -0.25) is 9.59 Å². The van der Waals surface area contributed by atoms with Gasteiger partial charge in [-0.05, 0) is 24.5 Å². The van der Waals surface area contributed by atoms with Gasteiger partial charge in [-0.2, -0.15) is 0 Å². The predicted octanol–water partition coefficient (Wildman–Crippen LogP) is 2.80. The number of hydrogen-bond acceptors (Lipinski definition) is 2. The fraction of sp³-hybridized carbons (Fsp3) is 0.250. The molecule has 0 saturated carbocycles. The highest BCUT2D eigenvalue weighted by atomic mass is 35.5. The van der Waals surface area contributed by atoms with Gasteiger partial charge in [0.2, 0.25) is 5.91 Å². The van der Waals surface area contributed by atoms with Crippen molar-refractivity contribution in [1.82, 2.24) is 15.6 Å². The van der Waals surface area contributed by atoms with E-state index in [0.717, 1.165) is 5.56 Å². The van der Waals surface area contributed by atoms with Crippen LogP contribution in [-0.2, 0) is 11.2 Å². The van der Waals surface area contributed by atoms with Crippen molar-refractivity contribution < 1.29 is 9.59 Å². The number of rotatable bonds is 6. The van der Waals surface area contributed by atoms with Gasteiger partial charge in [0.1, 0.15) is 16.9 Å². The summed E-state index contributed by atoms with van der Waals surface area (Å²) >= 11 is 11.6. The summed E-state index contributed by atoms with van der Waals surface area (Å²) in [5.41, 5.74) is 1.32. The highest BCUT2D eigenvalue weighted by Gasteiger charge is 2.21. The Balaban J connectivity index is 2.03. The van der Waals surface area contributed by atoms with Crippen molar-refractivity contribution >= 4 is 35.0 Å². The number of amides is 2. The van der Waals surface area contributed by atoms with Gasteiger partial charge in [0, 0.05) is 7.05 Å². The Morgan fingerprint density at radius 3 is 2.48 bits per heavy atom. The Morgan fingerprint density at radius 1 is 1.22 bits per heavy atom. The van der Waals surface area contributed by atoms with Crippen molar-refractivity contribution in [3.05, 3.63) is 57.8 Å². The van der Waals surface area contributed by atoms with Crippen LogP contribution < -0.4 is 10.6 Å². The maximum Gasteiger partial charge on any atom is 0.268 e. The third-order valence-electron chi connectivity index (χ3n) is 3.40. The van der Waals surface area contributed by atoms with E-state index in [1.165, 1.54) is 13.1 Å². The average Bonchev–Trinajstić information content (AvgIpc) is 2.90. The van der Waals surface area contributed by atoms with Gasteiger partial charge in [0.25, 0.3) is 5.91 Å². The van der Waals surface area contributed by atoms with Crippen LogP contribution in [0.2, 0.25) is 10.2 Å². The topological polar surface area (TPSA) is 74.0 Å². The van der Waals surface area contributed by atoms with Gasteiger partial charge < -0.3 is 15.6 Å². The Morgan fingerprint density at radius 2 is 1.91 bits per heavy atom. The standard InChI is InChI=1S/C16H17Cl2N3O2/c1-19-15(22)12(8-7-10-5-3-2-4-6-10)21-16(23)13-9-11(17)14(18)20-13/h2-6,9,12,20H,7-8H2,1H3,(H,19,22)(H,21,23)/t12-/m0/s1. The molecule has 2 rings (SSSR count). The second-order valence-electron chi connectivity index (χ2n) is 5.01. The number of carbonyl (C=O) groups is 2. The first-order valence-electron chi connectivity index (χ1n) is 7.11. The molecule has 3 N–H and O–H groups in total. The second kappa shape index (κ2) is 8.04. The first-order valence-corrected chi connectivity index (χ1v) is 7.87. The van der Waals surface area contributed by atoms with Gasteiger partial charge in [-0.15, -0.1) is 0 Å². The van der Waals surface area contributed by atoms with E-state index in [1.54, 1.807) is 0 Å². The van der Waals surface area contributed by atoms with Crippen LogP contribution in [0.25, 0.3) is 0 Å². The SMILES string of the molecule is CNC(=O)[C@H](CCc1ccccc1)NC(=O)c1cc(Cl)c(Cl)[nH]1. The lowest BCUT2D eigenvalue weighted by atomic mass is 10.0. The molecule has 0 spiro atoms. The van der Waals surface area contributed by atoms with Crippen LogP contribution in [0, 0.1) is 0 Å². The van der Waals surface area contributed by atoms with Crippen molar-refractivity contribution in [3.8, 4) is 0 Å². The van der Waals surface area contributed by atoms with E-state index in [2.05, 4.69) is 15.6 Å². The molecule has 23 heavy (non-hydrogen) atoms. The van der Waals surface area contributed by atoms with Gasteiger partial charge >= 0.3 is 0 Å². The molecule has 1 aromatic carbocycles. The number of carbonyl (C=O) groups excluding carboxylic acids is 2. The van der Waals surface area contributed by atoms with Crippen molar-refractivity contribution in [1.29, 1.82) is 0 Å². The van der Waals surface area contributed by atoms with E-state index in [1.807, 2.05) is 30.3 Å². The predicted molar refractivity (Wildman–Crippen MR) is 90.9 cm³/mol. The van der Waals surface area contributed by atoms with Gasteiger partial charge in [-0.1, -0.05) is 53.5 Å². The number of hydrogen-bond donors (Lipinski definition) is 3. The normalized spacial score (nSPS) is 11.8. The van der Waals surface area contributed by atoms with Crippen LogP contribution >= 0.6 is 23.2 Å². The summed E-state index contributed by atoms with van der Waals surface area (Å²) in [7, 11) is 1.53. The first-order chi connectivity index (χ1) is 11.0. The second-order valence-corrected chi connectivity index (χ2v) is 5.79. The average molecular weight is 354 g/mol. The van der Waals surface area contributed by atoms with E-state index in [0.29, 0.717) is 12.8 Å². The lowest BCUT2D eigenvalue weighted by Crippen LogP contribution is -2.46. The molecule has 0 unspecified atom stereocenters. The maximum atomic E-state index is 12.2. The number of aromatic nitrogens is 1. The molecule has 0 saturated heterocycles. The molecule has 0 bridgehead atoms. The zero-order valence-corrected chi connectivity index (χ0v) is 14.0. The Hall–Kier alpha value is -1.98. The Labute approximate surface area is 144 Å². The van der Waals surface area contributed by atoms with E-state index in [9.17, 15) is 9.59 Å². The highest BCUT2D eigenvalue weighted by molar-refractivity contribution is 6.41. The highest BCUT2D eigenvalue weighted by Crippen LogP contribution is 2.21. The zero-order chi connectivity index (χ0) is 16.8. The molecule has 5 nitrogen and oxygen atoms in total. The lowest BCUT2D eigenvalue weighted by molar-refractivity contribution is -0.122. The van der Waals surface area contributed by atoms with E-state index < -0.39 is 11.9 Å². The van der Waals surface area contributed by atoms with Crippen LogP contribution in [-0.4, -0.2) is 29.9 Å². The summed E-state index contributed by atoms with van der Waals surface area (Å²) in [6.45, 7) is 0. The molecular weight excluding hydrogens is 337 g/mol. The molecule has 0 fully saturated rings. The van der Waals surface area contributed by atoms with Crippen LogP contribution in [0.4, 0.5) is 0 Å². The first kappa shape index (κ1) is 17.4. The quantitative estimate of drug-likeness (QED) is 0.746. The number of H-pyrrole nitrogens is 1. The molecule has 2 aromatic rings. The molecule has 0 aliphatic heterocycles.